The van der Waals surface area contributed by atoms with E-state index in [4.69, 9.17) is 4.52 Å². The molecular weight excluding hydrogens is 382 g/mol. The van der Waals surface area contributed by atoms with Crippen molar-refractivity contribution in [3.8, 4) is 0 Å². The minimum atomic E-state index is -0.273. The van der Waals surface area contributed by atoms with Gasteiger partial charge >= 0.3 is 0 Å². The van der Waals surface area contributed by atoms with Crippen molar-refractivity contribution in [2.45, 2.75) is 31.7 Å². The van der Waals surface area contributed by atoms with E-state index >= 15 is 0 Å². The molecule has 2 aliphatic rings. The van der Waals surface area contributed by atoms with Crippen LogP contribution in [0.4, 0.5) is 0 Å². The Kier molecular flexibility index (Phi) is 4.41. The molecule has 0 atom stereocenters. The van der Waals surface area contributed by atoms with Gasteiger partial charge in [0.15, 0.2) is 5.76 Å². The van der Waals surface area contributed by atoms with E-state index in [0.29, 0.717) is 5.91 Å². The van der Waals surface area contributed by atoms with Crippen LogP contribution in [-0.4, -0.2) is 47.0 Å². The molecule has 25 heavy (non-hydrogen) atoms. The number of halogens is 1. The van der Waals surface area contributed by atoms with E-state index in [1.54, 1.807) is 0 Å². The van der Waals surface area contributed by atoms with Crippen molar-refractivity contribution >= 4 is 21.8 Å². The van der Waals surface area contributed by atoms with Gasteiger partial charge in [-0.15, -0.1) is 0 Å². The highest BCUT2D eigenvalue weighted by atomic mass is 79.9. The molecule has 1 aliphatic heterocycles. The molecule has 1 amide bonds. The van der Waals surface area contributed by atoms with Crippen LogP contribution in [-0.2, 0) is 16.8 Å². The van der Waals surface area contributed by atoms with Gasteiger partial charge in [-0.05, 0) is 37.5 Å². The van der Waals surface area contributed by atoms with Gasteiger partial charge in [-0.3, -0.25) is 9.69 Å². The zero-order valence-corrected chi connectivity index (χ0v) is 16.0. The Morgan fingerprint density at radius 1 is 1.20 bits per heavy atom. The summed E-state index contributed by atoms with van der Waals surface area (Å²) in [6, 6.07) is 10.2. The topological polar surface area (TPSA) is 49.6 Å². The number of carbonyl (C=O) groups is 1. The van der Waals surface area contributed by atoms with E-state index in [1.165, 1.54) is 0 Å². The summed E-state index contributed by atoms with van der Waals surface area (Å²) in [6.07, 6.45) is 1.93. The lowest BCUT2D eigenvalue weighted by atomic mass is 9.94. The van der Waals surface area contributed by atoms with Crippen molar-refractivity contribution in [1.82, 2.24) is 15.0 Å². The number of rotatable bonds is 4. The minimum absolute atomic E-state index is 0.273. The predicted octanol–water partition coefficient (Wildman–Crippen LogP) is 3.12. The van der Waals surface area contributed by atoms with E-state index in [9.17, 15) is 4.79 Å². The van der Waals surface area contributed by atoms with Crippen LogP contribution in [0.3, 0.4) is 0 Å². The molecular formula is C19H22BrN3O2. The van der Waals surface area contributed by atoms with Crippen LogP contribution in [0.5, 0.6) is 0 Å². The SMILES string of the molecule is Cc1cc(CN2CCN(C(=O)C3(c4ccc(Br)cc4)CC3)CC2)on1. The lowest BCUT2D eigenvalue weighted by Crippen LogP contribution is -2.51. The standard InChI is InChI=1S/C19H22BrN3O2/c1-14-12-17(25-21-14)13-22-8-10-23(11-9-22)18(24)19(6-7-19)15-2-4-16(20)5-3-15/h2-5,12H,6-11,13H2,1H3. The zero-order chi connectivity index (χ0) is 17.4. The Bertz CT molecular complexity index is 759. The molecule has 0 unspecified atom stereocenters. The highest BCUT2D eigenvalue weighted by Gasteiger charge is 2.53. The Labute approximate surface area is 156 Å². The van der Waals surface area contributed by atoms with Gasteiger partial charge in [-0.2, -0.15) is 0 Å². The van der Waals surface area contributed by atoms with Gasteiger partial charge in [-0.1, -0.05) is 33.2 Å². The van der Waals surface area contributed by atoms with Crippen molar-refractivity contribution in [2.75, 3.05) is 26.2 Å². The minimum Gasteiger partial charge on any atom is -0.360 e. The average molecular weight is 404 g/mol. The van der Waals surface area contributed by atoms with Crippen LogP contribution in [0.2, 0.25) is 0 Å². The summed E-state index contributed by atoms with van der Waals surface area (Å²) in [4.78, 5) is 17.5. The molecule has 0 N–H and O–H groups in total. The number of hydrogen-bond acceptors (Lipinski definition) is 4. The fourth-order valence-electron chi connectivity index (χ4n) is 3.64. The molecule has 1 aromatic carbocycles. The number of aromatic nitrogens is 1. The van der Waals surface area contributed by atoms with Gasteiger partial charge in [0.05, 0.1) is 17.7 Å². The number of carbonyl (C=O) groups excluding carboxylic acids is 1. The van der Waals surface area contributed by atoms with E-state index in [0.717, 1.165) is 67.1 Å². The second-order valence-corrected chi connectivity index (χ2v) is 8.01. The van der Waals surface area contributed by atoms with Gasteiger partial charge in [0, 0.05) is 36.7 Å². The molecule has 132 valence electrons. The Hall–Kier alpha value is -1.66. The summed E-state index contributed by atoms with van der Waals surface area (Å²) >= 11 is 3.47. The molecule has 4 rings (SSSR count). The van der Waals surface area contributed by atoms with Crippen LogP contribution < -0.4 is 0 Å². The molecule has 2 fully saturated rings. The smallest absolute Gasteiger partial charge is 0.233 e. The third-order valence-electron chi connectivity index (χ3n) is 5.27. The maximum atomic E-state index is 13.1. The summed E-state index contributed by atoms with van der Waals surface area (Å²) in [5.41, 5.74) is 1.79. The molecule has 0 spiro atoms. The van der Waals surface area contributed by atoms with E-state index in [2.05, 4.69) is 38.1 Å². The summed E-state index contributed by atoms with van der Waals surface area (Å²) in [6.45, 7) is 6.01. The third kappa shape index (κ3) is 3.37. The molecule has 2 aromatic rings. The Morgan fingerprint density at radius 3 is 2.44 bits per heavy atom. The van der Waals surface area contributed by atoms with Crippen LogP contribution in [0, 0.1) is 6.92 Å². The third-order valence-corrected chi connectivity index (χ3v) is 5.80. The van der Waals surface area contributed by atoms with Gasteiger partial charge in [-0.25, -0.2) is 0 Å². The quantitative estimate of drug-likeness (QED) is 0.786. The van der Waals surface area contributed by atoms with Gasteiger partial charge < -0.3 is 9.42 Å². The molecule has 6 heteroatoms. The molecule has 1 aromatic heterocycles. The van der Waals surface area contributed by atoms with Crippen LogP contribution in [0.25, 0.3) is 0 Å². The Balaban J connectivity index is 1.37. The molecule has 1 aliphatic carbocycles. The second kappa shape index (κ2) is 6.57. The van der Waals surface area contributed by atoms with Crippen LogP contribution in [0.1, 0.15) is 29.9 Å². The maximum Gasteiger partial charge on any atom is 0.233 e. The fourth-order valence-corrected chi connectivity index (χ4v) is 3.91. The molecule has 5 nitrogen and oxygen atoms in total. The highest BCUT2D eigenvalue weighted by Crippen LogP contribution is 2.49. The Morgan fingerprint density at radius 2 is 1.88 bits per heavy atom. The summed E-state index contributed by atoms with van der Waals surface area (Å²) in [5, 5.41) is 3.94. The van der Waals surface area contributed by atoms with Crippen molar-refractivity contribution in [2.24, 2.45) is 0 Å². The molecule has 0 bridgehead atoms. The van der Waals surface area contributed by atoms with E-state index in [-0.39, 0.29) is 5.41 Å². The summed E-state index contributed by atoms with van der Waals surface area (Å²) in [5.74, 6) is 1.19. The number of aryl methyl sites for hydroxylation is 1. The van der Waals surface area contributed by atoms with Crippen LogP contribution >= 0.6 is 15.9 Å². The first kappa shape index (κ1) is 16.8. The molecule has 1 saturated carbocycles. The van der Waals surface area contributed by atoms with Crippen LogP contribution in [0.15, 0.2) is 39.3 Å². The normalized spacial score (nSPS) is 19.8. The summed E-state index contributed by atoms with van der Waals surface area (Å²) in [7, 11) is 0. The molecule has 2 heterocycles. The highest BCUT2D eigenvalue weighted by molar-refractivity contribution is 9.10. The van der Waals surface area contributed by atoms with E-state index in [1.807, 2.05) is 30.0 Å². The number of benzene rings is 1. The molecule has 0 radical (unpaired) electrons. The summed E-state index contributed by atoms with van der Waals surface area (Å²) < 4.78 is 6.35. The predicted molar refractivity (Wildman–Crippen MR) is 98.2 cm³/mol. The lowest BCUT2D eigenvalue weighted by Gasteiger charge is -2.36. The van der Waals surface area contributed by atoms with Gasteiger partial charge in [0.25, 0.3) is 0 Å². The first-order valence-electron chi connectivity index (χ1n) is 8.77. The average Bonchev–Trinajstić information content (AvgIpc) is 3.33. The van der Waals surface area contributed by atoms with Gasteiger partial charge in [0.2, 0.25) is 5.91 Å². The van der Waals surface area contributed by atoms with Gasteiger partial charge in [0.1, 0.15) is 0 Å². The fraction of sp³-hybridized carbons (Fsp3) is 0.474. The van der Waals surface area contributed by atoms with Crippen molar-refractivity contribution < 1.29 is 9.32 Å². The number of hydrogen-bond donors (Lipinski definition) is 0. The van der Waals surface area contributed by atoms with Crippen molar-refractivity contribution in [3.63, 3.8) is 0 Å². The first-order valence-corrected chi connectivity index (χ1v) is 9.56. The number of piperazine rings is 1. The van der Waals surface area contributed by atoms with Crippen molar-refractivity contribution in [1.29, 1.82) is 0 Å². The van der Waals surface area contributed by atoms with E-state index < -0.39 is 0 Å². The van der Waals surface area contributed by atoms with Crippen molar-refractivity contribution in [3.05, 3.63) is 51.8 Å². The molecule has 1 saturated heterocycles. The maximum absolute atomic E-state index is 13.1. The zero-order valence-electron chi connectivity index (χ0n) is 14.4. The second-order valence-electron chi connectivity index (χ2n) is 7.09. The lowest BCUT2D eigenvalue weighted by molar-refractivity contribution is -0.135. The first-order chi connectivity index (χ1) is 12.1. The monoisotopic (exact) mass is 403 g/mol. The largest absolute Gasteiger partial charge is 0.360 e. The number of amides is 1. The number of nitrogens with zero attached hydrogens (tertiary/aromatic N) is 3.